The van der Waals surface area contributed by atoms with Crippen molar-refractivity contribution in [1.82, 2.24) is 4.90 Å². The number of ether oxygens (including phenoxy) is 2. The van der Waals surface area contributed by atoms with Gasteiger partial charge in [0.2, 0.25) is 0 Å². The minimum Gasteiger partial charge on any atom is -0.491 e. The van der Waals surface area contributed by atoms with E-state index in [1.54, 1.807) is 31.4 Å². The van der Waals surface area contributed by atoms with Crippen LogP contribution in [0, 0.1) is 0 Å². The number of aliphatic hydroxyl groups excluding tert-OH is 1. The summed E-state index contributed by atoms with van der Waals surface area (Å²) in [5, 5.41) is 9.92. The van der Waals surface area contributed by atoms with Gasteiger partial charge in [-0.2, -0.15) is 0 Å². The maximum atomic E-state index is 9.92. The van der Waals surface area contributed by atoms with Crippen molar-refractivity contribution in [3.05, 3.63) is 24.3 Å². The quantitative estimate of drug-likeness (QED) is 0.688. The third-order valence-corrected chi connectivity index (χ3v) is 2.98. The fourth-order valence-corrected chi connectivity index (χ4v) is 1.69. The molecule has 2 unspecified atom stereocenters. The Morgan fingerprint density at radius 1 is 1.26 bits per heavy atom. The van der Waals surface area contributed by atoms with E-state index in [1.165, 1.54) is 0 Å². The van der Waals surface area contributed by atoms with E-state index in [2.05, 4.69) is 6.92 Å². The first-order valence-corrected chi connectivity index (χ1v) is 6.38. The molecule has 1 aromatic carbocycles. The predicted octanol–water partition coefficient (Wildman–Crippen LogP) is 0.975. The minimum atomic E-state index is -0.540. The molecular weight excluding hydrogens is 244 g/mol. The van der Waals surface area contributed by atoms with Crippen LogP contribution in [0.1, 0.15) is 6.92 Å². The summed E-state index contributed by atoms with van der Waals surface area (Å²) in [5.74, 6) is 0.709. The number of methoxy groups -OCH3 is 1. The second kappa shape index (κ2) is 7.99. The van der Waals surface area contributed by atoms with Crippen LogP contribution in [0.3, 0.4) is 0 Å². The molecule has 0 saturated carbocycles. The Labute approximate surface area is 114 Å². The van der Waals surface area contributed by atoms with Gasteiger partial charge in [0.05, 0.1) is 6.61 Å². The van der Waals surface area contributed by atoms with Gasteiger partial charge in [-0.1, -0.05) is 0 Å². The van der Waals surface area contributed by atoms with Gasteiger partial charge in [0, 0.05) is 25.4 Å². The first-order chi connectivity index (χ1) is 9.02. The minimum absolute atomic E-state index is 0.258. The summed E-state index contributed by atoms with van der Waals surface area (Å²) in [6.45, 7) is 3.49. The Morgan fingerprint density at radius 2 is 1.89 bits per heavy atom. The maximum Gasteiger partial charge on any atom is 0.119 e. The smallest absolute Gasteiger partial charge is 0.119 e. The molecule has 0 bridgehead atoms. The zero-order valence-corrected chi connectivity index (χ0v) is 11.9. The normalized spacial score (nSPS) is 14.4. The molecule has 0 fully saturated rings. The molecule has 5 heteroatoms. The fourth-order valence-electron chi connectivity index (χ4n) is 1.69. The summed E-state index contributed by atoms with van der Waals surface area (Å²) in [6, 6.07) is 7.39. The van der Waals surface area contributed by atoms with Gasteiger partial charge in [0.25, 0.3) is 0 Å². The van der Waals surface area contributed by atoms with Crippen molar-refractivity contribution in [3.8, 4) is 5.75 Å². The monoisotopic (exact) mass is 268 g/mol. The Kier molecular flexibility index (Phi) is 6.62. The summed E-state index contributed by atoms with van der Waals surface area (Å²) in [6.07, 6.45) is -0.540. The fraction of sp³-hybridized carbons (Fsp3) is 0.571. The molecule has 3 N–H and O–H groups in total. The van der Waals surface area contributed by atoms with Crippen molar-refractivity contribution >= 4 is 5.69 Å². The number of nitrogen functional groups attached to an aromatic ring is 1. The van der Waals surface area contributed by atoms with Crippen LogP contribution in [-0.2, 0) is 4.74 Å². The van der Waals surface area contributed by atoms with E-state index in [4.69, 9.17) is 15.2 Å². The first-order valence-electron chi connectivity index (χ1n) is 6.38. The predicted molar refractivity (Wildman–Crippen MR) is 76.3 cm³/mol. The van der Waals surface area contributed by atoms with Crippen molar-refractivity contribution < 1.29 is 14.6 Å². The standard InChI is InChI=1S/C14H24N2O3/c1-11(9-18-3)16(2)8-13(17)10-19-14-6-4-12(15)5-7-14/h4-7,11,13,17H,8-10,15H2,1-3H3. The van der Waals surface area contributed by atoms with Gasteiger partial charge in [-0.3, -0.25) is 4.90 Å². The number of likely N-dealkylation sites (N-methyl/N-ethyl adjacent to an activating group) is 1. The van der Waals surface area contributed by atoms with Crippen LogP contribution in [0.25, 0.3) is 0 Å². The Balaban J connectivity index is 2.31. The van der Waals surface area contributed by atoms with E-state index < -0.39 is 6.10 Å². The molecular formula is C14H24N2O3. The largest absolute Gasteiger partial charge is 0.491 e. The molecule has 0 spiro atoms. The van der Waals surface area contributed by atoms with Gasteiger partial charge in [0.15, 0.2) is 0 Å². The number of hydrogen-bond donors (Lipinski definition) is 2. The van der Waals surface area contributed by atoms with Crippen LogP contribution in [-0.4, -0.2) is 56.1 Å². The highest BCUT2D eigenvalue weighted by Crippen LogP contribution is 2.13. The summed E-state index contributed by atoms with van der Waals surface area (Å²) >= 11 is 0. The number of aliphatic hydroxyl groups is 1. The molecule has 108 valence electrons. The van der Waals surface area contributed by atoms with E-state index in [1.807, 2.05) is 11.9 Å². The van der Waals surface area contributed by atoms with Crippen LogP contribution >= 0.6 is 0 Å². The van der Waals surface area contributed by atoms with Crippen LogP contribution in [0.5, 0.6) is 5.75 Å². The first kappa shape index (κ1) is 15.8. The van der Waals surface area contributed by atoms with Crippen molar-refractivity contribution in [1.29, 1.82) is 0 Å². The van der Waals surface area contributed by atoms with Gasteiger partial charge in [-0.05, 0) is 38.2 Å². The third-order valence-electron chi connectivity index (χ3n) is 2.98. The second-order valence-corrected chi connectivity index (χ2v) is 4.78. The second-order valence-electron chi connectivity index (χ2n) is 4.78. The summed E-state index contributed by atoms with van der Waals surface area (Å²) in [4.78, 5) is 2.04. The molecule has 19 heavy (non-hydrogen) atoms. The Bertz CT molecular complexity index is 356. The van der Waals surface area contributed by atoms with Crippen molar-refractivity contribution in [3.63, 3.8) is 0 Å². The van der Waals surface area contributed by atoms with E-state index in [0.29, 0.717) is 24.6 Å². The number of nitrogens with two attached hydrogens (primary N) is 1. The van der Waals surface area contributed by atoms with Crippen LogP contribution < -0.4 is 10.5 Å². The van der Waals surface area contributed by atoms with E-state index >= 15 is 0 Å². The lowest BCUT2D eigenvalue weighted by atomic mass is 10.2. The molecule has 0 aliphatic carbocycles. The summed E-state index contributed by atoms with van der Waals surface area (Å²) in [5.41, 5.74) is 6.28. The Hall–Kier alpha value is -1.30. The number of rotatable bonds is 8. The lowest BCUT2D eigenvalue weighted by Gasteiger charge is -2.26. The highest BCUT2D eigenvalue weighted by molar-refractivity contribution is 5.41. The van der Waals surface area contributed by atoms with E-state index in [9.17, 15) is 5.11 Å². The molecule has 0 aliphatic heterocycles. The number of hydrogen-bond acceptors (Lipinski definition) is 5. The van der Waals surface area contributed by atoms with E-state index in [-0.39, 0.29) is 12.6 Å². The number of benzene rings is 1. The highest BCUT2D eigenvalue weighted by Gasteiger charge is 2.14. The van der Waals surface area contributed by atoms with Gasteiger partial charge in [-0.15, -0.1) is 0 Å². The van der Waals surface area contributed by atoms with E-state index in [0.717, 1.165) is 0 Å². The summed E-state index contributed by atoms with van der Waals surface area (Å²) in [7, 11) is 3.63. The van der Waals surface area contributed by atoms with Crippen LogP contribution in [0.15, 0.2) is 24.3 Å². The molecule has 5 nitrogen and oxygen atoms in total. The average Bonchev–Trinajstić information content (AvgIpc) is 2.38. The van der Waals surface area contributed by atoms with Crippen molar-refractivity contribution in [2.75, 3.05) is 39.6 Å². The van der Waals surface area contributed by atoms with Crippen molar-refractivity contribution in [2.24, 2.45) is 0 Å². The molecule has 0 aliphatic rings. The van der Waals surface area contributed by atoms with Crippen LogP contribution in [0.4, 0.5) is 5.69 Å². The zero-order valence-electron chi connectivity index (χ0n) is 11.9. The molecule has 0 saturated heterocycles. The van der Waals surface area contributed by atoms with Gasteiger partial charge in [-0.25, -0.2) is 0 Å². The van der Waals surface area contributed by atoms with Crippen LogP contribution in [0.2, 0.25) is 0 Å². The number of anilines is 1. The molecule has 0 heterocycles. The van der Waals surface area contributed by atoms with Crippen molar-refractivity contribution in [2.45, 2.75) is 19.1 Å². The Morgan fingerprint density at radius 3 is 2.47 bits per heavy atom. The molecule has 1 rings (SSSR count). The SMILES string of the molecule is COCC(C)N(C)CC(O)COc1ccc(N)cc1. The highest BCUT2D eigenvalue weighted by atomic mass is 16.5. The molecule has 0 aromatic heterocycles. The molecule has 2 atom stereocenters. The molecule has 0 radical (unpaired) electrons. The molecule has 1 aromatic rings. The average molecular weight is 268 g/mol. The zero-order chi connectivity index (χ0) is 14.3. The summed E-state index contributed by atoms with van der Waals surface area (Å²) < 4.78 is 10.6. The van der Waals surface area contributed by atoms with Gasteiger partial charge in [0.1, 0.15) is 18.5 Å². The lowest BCUT2D eigenvalue weighted by molar-refractivity contribution is 0.0466. The van der Waals surface area contributed by atoms with Gasteiger partial charge >= 0.3 is 0 Å². The van der Waals surface area contributed by atoms with Gasteiger partial charge < -0.3 is 20.3 Å². The third kappa shape index (κ3) is 5.92. The molecule has 0 amide bonds. The topological polar surface area (TPSA) is 68.0 Å². The lowest BCUT2D eigenvalue weighted by Crippen LogP contribution is -2.40. The maximum absolute atomic E-state index is 9.92. The number of nitrogens with zero attached hydrogens (tertiary/aromatic N) is 1.